The number of halogens is 1. The summed E-state index contributed by atoms with van der Waals surface area (Å²) in [6.45, 7) is 1.48. The minimum atomic E-state index is 0.0259. The monoisotopic (exact) mass is 402 g/mol. The Morgan fingerprint density at radius 3 is 2.61 bits per heavy atom. The lowest BCUT2D eigenvalue weighted by atomic mass is 10.0. The van der Waals surface area contributed by atoms with Crippen LogP contribution < -0.4 is 14.8 Å². The van der Waals surface area contributed by atoms with Crippen molar-refractivity contribution in [3.8, 4) is 11.5 Å². The summed E-state index contributed by atoms with van der Waals surface area (Å²) in [6, 6.07) is 15.3. The number of ether oxygens (including phenoxy) is 2. The molecule has 2 aromatic rings. The molecule has 1 aliphatic carbocycles. The molecular formula is C22H27ClN2O3. The summed E-state index contributed by atoms with van der Waals surface area (Å²) in [5.74, 6) is 2.11. The Morgan fingerprint density at radius 2 is 1.96 bits per heavy atom. The number of nitrogens with zero attached hydrogens (tertiary/aromatic N) is 1. The van der Waals surface area contributed by atoms with E-state index < -0.39 is 0 Å². The Kier molecular flexibility index (Phi) is 7.18. The molecule has 1 fully saturated rings. The van der Waals surface area contributed by atoms with Crippen LogP contribution in [0.3, 0.4) is 0 Å². The second-order valence-electron chi connectivity index (χ2n) is 7.20. The highest BCUT2D eigenvalue weighted by molar-refractivity contribution is 6.30. The van der Waals surface area contributed by atoms with Gasteiger partial charge >= 0.3 is 0 Å². The molecule has 1 aliphatic rings. The summed E-state index contributed by atoms with van der Waals surface area (Å²) >= 11 is 5.95. The van der Waals surface area contributed by atoms with Crippen molar-refractivity contribution in [1.82, 2.24) is 10.2 Å². The number of carbonyl (C=O) groups is 1. The molecule has 5 nitrogen and oxygen atoms in total. The molecule has 0 aliphatic heterocycles. The van der Waals surface area contributed by atoms with Gasteiger partial charge in [0, 0.05) is 11.6 Å². The van der Waals surface area contributed by atoms with Gasteiger partial charge in [-0.1, -0.05) is 29.8 Å². The zero-order valence-corrected chi connectivity index (χ0v) is 17.1. The minimum Gasteiger partial charge on any atom is -0.497 e. The summed E-state index contributed by atoms with van der Waals surface area (Å²) < 4.78 is 10.9. The van der Waals surface area contributed by atoms with Crippen LogP contribution in [0.5, 0.6) is 11.5 Å². The fourth-order valence-electron chi connectivity index (χ4n) is 3.13. The van der Waals surface area contributed by atoms with E-state index >= 15 is 0 Å². The van der Waals surface area contributed by atoms with E-state index in [1.54, 1.807) is 13.2 Å². The Balaban J connectivity index is 1.46. The molecule has 28 heavy (non-hydrogen) atoms. The smallest absolute Gasteiger partial charge is 0.234 e. The first-order valence-corrected chi connectivity index (χ1v) is 9.93. The van der Waals surface area contributed by atoms with E-state index in [9.17, 15) is 4.79 Å². The van der Waals surface area contributed by atoms with Crippen LogP contribution in [-0.4, -0.2) is 44.7 Å². The lowest BCUT2D eigenvalue weighted by molar-refractivity contribution is -0.122. The number of hydrogen-bond acceptors (Lipinski definition) is 4. The van der Waals surface area contributed by atoms with Crippen molar-refractivity contribution in [2.75, 3.05) is 33.9 Å². The van der Waals surface area contributed by atoms with Crippen LogP contribution in [0, 0.1) is 5.92 Å². The summed E-state index contributed by atoms with van der Waals surface area (Å²) in [4.78, 5) is 14.5. The highest BCUT2D eigenvalue weighted by Crippen LogP contribution is 2.41. The van der Waals surface area contributed by atoms with E-state index in [2.05, 4.69) is 5.32 Å². The van der Waals surface area contributed by atoms with Crippen molar-refractivity contribution in [3.05, 3.63) is 59.1 Å². The molecule has 2 aromatic carbocycles. The van der Waals surface area contributed by atoms with Crippen molar-refractivity contribution < 1.29 is 14.3 Å². The topological polar surface area (TPSA) is 50.8 Å². The van der Waals surface area contributed by atoms with Gasteiger partial charge in [0.05, 0.1) is 19.7 Å². The SMILES string of the molecule is COc1ccc(C(NC(=O)CN(C)CCOc2cccc(Cl)c2)C2CC2)cc1. The van der Waals surface area contributed by atoms with Gasteiger partial charge in [0.2, 0.25) is 5.91 Å². The van der Waals surface area contributed by atoms with Gasteiger partial charge in [0.25, 0.3) is 0 Å². The molecular weight excluding hydrogens is 376 g/mol. The number of nitrogens with one attached hydrogen (secondary N) is 1. The van der Waals surface area contributed by atoms with Crippen molar-refractivity contribution in [2.24, 2.45) is 5.92 Å². The molecule has 1 amide bonds. The molecule has 0 bridgehead atoms. The van der Waals surface area contributed by atoms with Crippen LogP contribution in [0.1, 0.15) is 24.4 Å². The molecule has 1 saturated carbocycles. The first kappa shape index (κ1) is 20.5. The quantitative estimate of drug-likeness (QED) is 0.654. The van der Waals surface area contributed by atoms with E-state index in [1.807, 2.05) is 54.4 Å². The number of hydrogen-bond donors (Lipinski definition) is 1. The van der Waals surface area contributed by atoms with E-state index in [1.165, 1.54) is 0 Å². The van der Waals surface area contributed by atoms with Gasteiger partial charge < -0.3 is 14.8 Å². The van der Waals surface area contributed by atoms with Gasteiger partial charge in [-0.15, -0.1) is 0 Å². The summed E-state index contributed by atoms with van der Waals surface area (Å²) in [5, 5.41) is 3.85. The molecule has 1 unspecified atom stereocenters. The Labute approximate surface area is 171 Å². The Hall–Kier alpha value is -2.24. The largest absolute Gasteiger partial charge is 0.497 e. The highest BCUT2D eigenvalue weighted by Gasteiger charge is 2.33. The Bertz CT molecular complexity index is 778. The van der Waals surface area contributed by atoms with Crippen LogP contribution in [0.15, 0.2) is 48.5 Å². The Morgan fingerprint density at radius 1 is 1.21 bits per heavy atom. The van der Waals surface area contributed by atoms with Gasteiger partial charge in [-0.25, -0.2) is 0 Å². The average Bonchev–Trinajstić information content (AvgIpc) is 3.51. The van der Waals surface area contributed by atoms with Gasteiger partial charge in [-0.05, 0) is 61.7 Å². The van der Waals surface area contributed by atoms with Crippen LogP contribution in [0.2, 0.25) is 5.02 Å². The number of benzene rings is 2. The predicted molar refractivity (Wildman–Crippen MR) is 111 cm³/mol. The van der Waals surface area contributed by atoms with E-state index in [0.29, 0.717) is 30.6 Å². The molecule has 6 heteroatoms. The molecule has 0 radical (unpaired) electrons. The van der Waals surface area contributed by atoms with Crippen LogP contribution in [-0.2, 0) is 4.79 Å². The second-order valence-corrected chi connectivity index (χ2v) is 7.64. The minimum absolute atomic E-state index is 0.0259. The summed E-state index contributed by atoms with van der Waals surface area (Å²) in [7, 11) is 3.57. The van der Waals surface area contributed by atoms with Crippen molar-refractivity contribution >= 4 is 17.5 Å². The highest BCUT2D eigenvalue weighted by atomic mass is 35.5. The number of carbonyl (C=O) groups excluding carboxylic acids is 1. The molecule has 1 atom stereocenters. The van der Waals surface area contributed by atoms with Crippen molar-refractivity contribution in [2.45, 2.75) is 18.9 Å². The summed E-state index contributed by atoms with van der Waals surface area (Å²) in [6.07, 6.45) is 2.31. The number of amides is 1. The third kappa shape index (κ3) is 6.14. The molecule has 0 aromatic heterocycles. The van der Waals surface area contributed by atoms with Gasteiger partial charge in [0.15, 0.2) is 0 Å². The number of rotatable bonds is 10. The zero-order valence-electron chi connectivity index (χ0n) is 16.4. The van der Waals surface area contributed by atoms with Crippen molar-refractivity contribution in [1.29, 1.82) is 0 Å². The normalized spacial score (nSPS) is 14.6. The standard InChI is InChI=1S/C22H27ClN2O3/c1-25(12-13-28-20-5-3-4-18(23)14-20)15-21(26)24-22(16-6-7-16)17-8-10-19(27-2)11-9-17/h3-5,8-11,14,16,22H,6-7,12-13,15H2,1-2H3,(H,24,26). The fraction of sp³-hybridized carbons (Fsp3) is 0.409. The molecule has 150 valence electrons. The lowest BCUT2D eigenvalue weighted by Crippen LogP contribution is -2.39. The van der Waals surface area contributed by atoms with Crippen LogP contribution in [0.4, 0.5) is 0 Å². The first-order valence-electron chi connectivity index (χ1n) is 9.55. The second kappa shape index (κ2) is 9.80. The number of methoxy groups -OCH3 is 1. The van der Waals surface area contributed by atoms with Crippen LogP contribution in [0.25, 0.3) is 0 Å². The van der Waals surface area contributed by atoms with E-state index in [-0.39, 0.29) is 11.9 Å². The zero-order chi connectivity index (χ0) is 19.9. The van der Waals surface area contributed by atoms with Gasteiger partial charge in [-0.2, -0.15) is 0 Å². The molecule has 1 N–H and O–H groups in total. The maximum Gasteiger partial charge on any atom is 0.234 e. The molecule has 0 spiro atoms. The summed E-state index contributed by atoms with van der Waals surface area (Å²) in [5.41, 5.74) is 1.13. The molecule has 0 saturated heterocycles. The van der Waals surface area contributed by atoms with Gasteiger partial charge in [0.1, 0.15) is 18.1 Å². The van der Waals surface area contributed by atoms with Gasteiger partial charge in [-0.3, -0.25) is 9.69 Å². The number of likely N-dealkylation sites (N-methyl/N-ethyl adjacent to an activating group) is 1. The molecule has 0 heterocycles. The predicted octanol–water partition coefficient (Wildman–Crippen LogP) is 3.93. The molecule has 3 rings (SSSR count). The average molecular weight is 403 g/mol. The van der Waals surface area contributed by atoms with Crippen LogP contribution >= 0.6 is 11.6 Å². The first-order chi connectivity index (χ1) is 13.5. The third-order valence-corrected chi connectivity index (χ3v) is 5.07. The fourth-order valence-corrected chi connectivity index (χ4v) is 3.31. The maximum atomic E-state index is 12.5. The van der Waals surface area contributed by atoms with E-state index in [0.717, 1.165) is 29.9 Å². The third-order valence-electron chi connectivity index (χ3n) is 4.84. The lowest BCUT2D eigenvalue weighted by Gasteiger charge is -2.22. The maximum absolute atomic E-state index is 12.5. The van der Waals surface area contributed by atoms with E-state index in [4.69, 9.17) is 21.1 Å². The van der Waals surface area contributed by atoms with Crippen molar-refractivity contribution in [3.63, 3.8) is 0 Å².